The molecule has 0 unspecified atom stereocenters. The van der Waals surface area contributed by atoms with Crippen LogP contribution in [0.4, 0.5) is 0 Å². The lowest BCUT2D eigenvalue weighted by molar-refractivity contribution is -0.142. The summed E-state index contributed by atoms with van der Waals surface area (Å²) in [6, 6.07) is 6.35. The van der Waals surface area contributed by atoms with Crippen molar-refractivity contribution >= 4 is 16.0 Å². The fourth-order valence-corrected chi connectivity index (χ4v) is 4.24. The second-order valence-electron chi connectivity index (χ2n) is 5.13. The zero-order valence-corrected chi connectivity index (χ0v) is 12.4. The largest absolute Gasteiger partial charge is 0.481 e. The van der Waals surface area contributed by atoms with Crippen molar-refractivity contribution in [3.05, 3.63) is 29.3 Å². The van der Waals surface area contributed by atoms with Crippen LogP contribution in [0.15, 0.2) is 23.1 Å². The fraction of sp³-hybridized carbons (Fsp3) is 0.429. The number of carboxylic acids is 1. The van der Waals surface area contributed by atoms with E-state index >= 15 is 0 Å². The van der Waals surface area contributed by atoms with E-state index < -0.39 is 21.9 Å². The first kappa shape index (κ1) is 15.5. The molecule has 1 N–H and O–H groups in total. The van der Waals surface area contributed by atoms with E-state index in [9.17, 15) is 13.2 Å². The third-order valence-corrected chi connectivity index (χ3v) is 5.68. The summed E-state index contributed by atoms with van der Waals surface area (Å²) in [5, 5.41) is 17.9. The van der Waals surface area contributed by atoms with Crippen LogP contribution < -0.4 is 0 Å². The van der Waals surface area contributed by atoms with Crippen LogP contribution >= 0.6 is 0 Å². The van der Waals surface area contributed by atoms with Gasteiger partial charge in [-0.3, -0.25) is 4.79 Å². The predicted molar refractivity (Wildman–Crippen MR) is 75.0 cm³/mol. The van der Waals surface area contributed by atoms with Crippen LogP contribution in [0.3, 0.4) is 0 Å². The van der Waals surface area contributed by atoms with Crippen molar-refractivity contribution in [2.24, 2.45) is 5.92 Å². The Morgan fingerprint density at radius 1 is 1.48 bits per heavy atom. The van der Waals surface area contributed by atoms with Crippen LogP contribution in [0.1, 0.15) is 24.0 Å². The van der Waals surface area contributed by atoms with Crippen molar-refractivity contribution in [3.8, 4) is 6.07 Å². The molecule has 0 bridgehead atoms. The SMILES string of the molecule is Cc1cc(C#N)ccc1S(=O)(=O)N1CCC[C@@H](C(=O)O)C1. The van der Waals surface area contributed by atoms with Crippen LogP contribution in [-0.4, -0.2) is 36.9 Å². The van der Waals surface area contributed by atoms with Crippen LogP contribution in [0.5, 0.6) is 0 Å². The van der Waals surface area contributed by atoms with Gasteiger partial charge in [0.15, 0.2) is 0 Å². The molecule has 0 saturated carbocycles. The highest BCUT2D eigenvalue weighted by molar-refractivity contribution is 7.89. The third kappa shape index (κ3) is 3.06. The van der Waals surface area contributed by atoms with Gasteiger partial charge >= 0.3 is 5.97 Å². The first-order chi connectivity index (χ1) is 9.86. The Morgan fingerprint density at radius 3 is 2.76 bits per heavy atom. The van der Waals surface area contributed by atoms with E-state index in [1.807, 2.05) is 6.07 Å². The van der Waals surface area contributed by atoms with Gasteiger partial charge in [-0.05, 0) is 43.5 Å². The number of nitrogens with zero attached hydrogens (tertiary/aromatic N) is 2. The van der Waals surface area contributed by atoms with Crippen molar-refractivity contribution in [2.75, 3.05) is 13.1 Å². The lowest BCUT2D eigenvalue weighted by Gasteiger charge is -2.30. The number of hydrogen-bond donors (Lipinski definition) is 1. The van der Waals surface area contributed by atoms with E-state index in [1.54, 1.807) is 6.92 Å². The van der Waals surface area contributed by atoms with Crippen LogP contribution in [0.2, 0.25) is 0 Å². The summed E-state index contributed by atoms with van der Waals surface area (Å²) in [5.41, 5.74) is 0.889. The lowest BCUT2D eigenvalue weighted by Crippen LogP contribution is -2.42. The number of aryl methyl sites for hydroxylation is 1. The van der Waals surface area contributed by atoms with E-state index in [1.165, 1.54) is 22.5 Å². The average Bonchev–Trinajstić information content (AvgIpc) is 2.46. The molecule has 2 rings (SSSR count). The molecule has 0 spiro atoms. The number of carboxylic acid groups (broad SMARTS) is 1. The van der Waals surface area contributed by atoms with Gasteiger partial charge in [-0.15, -0.1) is 0 Å². The number of hydrogen-bond acceptors (Lipinski definition) is 4. The number of nitriles is 1. The minimum Gasteiger partial charge on any atom is -0.481 e. The topological polar surface area (TPSA) is 98.5 Å². The lowest BCUT2D eigenvalue weighted by atomic mass is 10.0. The zero-order valence-electron chi connectivity index (χ0n) is 11.6. The van der Waals surface area contributed by atoms with Gasteiger partial charge in [0.2, 0.25) is 10.0 Å². The molecule has 7 heteroatoms. The molecular weight excluding hydrogens is 292 g/mol. The number of carbonyl (C=O) groups is 1. The molecule has 0 radical (unpaired) electrons. The Kier molecular flexibility index (Phi) is 4.30. The van der Waals surface area contributed by atoms with Gasteiger partial charge in [0, 0.05) is 13.1 Å². The number of sulfonamides is 1. The molecule has 1 fully saturated rings. The third-order valence-electron chi connectivity index (χ3n) is 3.66. The van der Waals surface area contributed by atoms with E-state index in [4.69, 9.17) is 10.4 Å². The van der Waals surface area contributed by atoms with Crippen molar-refractivity contribution < 1.29 is 18.3 Å². The fourth-order valence-electron chi connectivity index (χ4n) is 2.51. The minimum absolute atomic E-state index is 0.00287. The second kappa shape index (κ2) is 5.84. The summed E-state index contributed by atoms with van der Waals surface area (Å²) >= 11 is 0. The molecule has 21 heavy (non-hydrogen) atoms. The van der Waals surface area contributed by atoms with Gasteiger partial charge in [0.25, 0.3) is 0 Å². The maximum atomic E-state index is 12.6. The van der Waals surface area contributed by atoms with Crippen LogP contribution in [0.25, 0.3) is 0 Å². The van der Waals surface area contributed by atoms with Gasteiger partial charge < -0.3 is 5.11 Å². The zero-order chi connectivity index (χ0) is 15.6. The molecule has 1 atom stereocenters. The van der Waals surface area contributed by atoms with E-state index in [0.717, 1.165) is 0 Å². The molecule has 1 aliphatic heterocycles. The molecule has 0 aliphatic carbocycles. The summed E-state index contributed by atoms with van der Waals surface area (Å²) in [6.07, 6.45) is 1.03. The van der Waals surface area contributed by atoms with Gasteiger partial charge in [0.1, 0.15) is 0 Å². The predicted octanol–water partition coefficient (Wildman–Crippen LogP) is 1.35. The summed E-state index contributed by atoms with van der Waals surface area (Å²) in [7, 11) is -3.72. The molecule has 1 heterocycles. The highest BCUT2D eigenvalue weighted by atomic mass is 32.2. The highest BCUT2D eigenvalue weighted by Gasteiger charge is 2.33. The minimum atomic E-state index is -3.72. The molecule has 0 amide bonds. The Morgan fingerprint density at radius 2 is 2.19 bits per heavy atom. The van der Waals surface area contributed by atoms with E-state index in [0.29, 0.717) is 30.5 Å². The quantitative estimate of drug-likeness (QED) is 0.908. The summed E-state index contributed by atoms with van der Waals surface area (Å²) in [5.74, 6) is -1.63. The van der Waals surface area contributed by atoms with Crippen LogP contribution in [0, 0.1) is 24.2 Å². The molecular formula is C14H16N2O4S. The molecule has 6 nitrogen and oxygen atoms in total. The molecule has 112 valence electrons. The Balaban J connectivity index is 2.34. The number of benzene rings is 1. The average molecular weight is 308 g/mol. The summed E-state index contributed by atoms with van der Waals surface area (Å²) in [6.45, 7) is 1.95. The van der Waals surface area contributed by atoms with Gasteiger partial charge in [-0.1, -0.05) is 0 Å². The number of aliphatic carboxylic acids is 1. The maximum absolute atomic E-state index is 12.6. The van der Waals surface area contributed by atoms with Gasteiger partial charge in [-0.2, -0.15) is 9.57 Å². The Hall–Kier alpha value is -1.91. The standard InChI is InChI=1S/C14H16N2O4S/c1-10-7-11(8-15)4-5-13(10)21(19,20)16-6-2-3-12(9-16)14(17)18/h4-5,7,12H,2-3,6,9H2,1H3,(H,17,18)/t12-/m1/s1. The summed E-state index contributed by atoms with van der Waals surface area (Å²) < 4.78 is 26.5. The van der Waals surface area contributed by atoms with Gasteiger partial charge in [-0.25, -0.2) is 8.42 Å². The monoisotopic (exact) mass is 308 g/mol. The number of piperidine rings is 1. The second-order valence-corrected chi connectivity index (χ2v) is 7.04. The first-order valence-corrected chi connectivity index (χ1v) is 8.04. The van der Waals surface area contributed by atoms with Gasteiger partial charge in [0.05, 0.1) is 22.4 Å². The molecule has 1 aromatic rings. The van der Waals surface area contributed by atoms with Crippen LogP contribution in [-0.2, 0) is 14.8 Å². The molecule has 1 aromatic carbocycles. The molecule has 1 saturated heterocycles. The summed E-state index contributed by atoms with van der Waals surface area (Å²) in [4.78, 5) is 11.2. The maximum Gasteiger partial charge on any atom is 0.307 e. The Bertz CT molecular complexity index is 706. The van der Waals surface area contributed by atoms with E-state index in [-0.39, 0.29) is 11.4 Å². The molecule has 0 aromatic heterocycles. The van der Waals surface area contributed by atoms with Crippen molar-refractivity contribution in [1.82, 2.24) is 4.31 Å². The smallest absolute Gasteiger partial charge is 0.307 e. The highest BCUT2D eigenvalue weighted by Crippen LogP contribution is 2.26. The Labute approximate surface area is 123 Å². The van der Waals surface area contributed by atoms with Crippen molar-refractivity contribution in [3.63, 3.8) is 0 Å². The first-order valence-electron chi connectivity index (χ1n) is 6.60. The normalized spacial score (nSPS) is 19.9. The van der Waals surface area contributed by atoms with Crippen molar-refractivity contribution in [1.29, 1.82) is 5.26 Å². The number of rotatable bonds is 3. The van der Waals surface area contributed by atoms with Crippen molar-refractivity contribution in [2.45, 2.75) is 24.7 Å². The van der Waals surface area contributed by atoms with E-state index in [2.05, 4.69) is 0 Å². The molecule has 1 aliphatic rings.